The van der Waals surface area contributed by atoms with E-state index in [1.165, 1.54) is 49.3 Å². The van der Waals surface area contributed by atoms with Gasteiger partial charge in [-0.05, 0) is 123 Å². The van der Waals surface area contributed by atoms with Gasteiger partial charge in [0.25, 0.3) is 0 Å². The molecule has 0 spiro atoms. The molecular formula is C58H38N2O. The maximum absolute atomic E-state index is 6.14. The summed E-state index contributed by atoms with van der Waals surface area (Å²) in [7, 11) is 0. The highest BCUT2D eigenvalue weighted by molar-refractivity contribution is 6.09. The first kappa shape index (κ1) is 34.9. The number of fused-ring (bicyclic) bond motifs is 7. The monoisotopic (exact) mass is 778 g/mol. The minimum Gasteiger partial charge on any atom is -0.456 e. The number of nitrogens with zero attached hydrogens (tertiary/aromatic N) is 2. The summed E-state index contributed by atoms with van der Waals surface area (Å²) in [6, 6.07) is 83.0. The number of hydrogen-bond acceptors (Lipinski definition) is 2. The lowest BCUT2D eigenvalue weighted by Gasteiger charge is -2.26. The molecule has 3 heteroatoms. The summed E-state index contributed by atoms with van der Waals surface area (Å²) in [5.74, 6) is 0. The van der Waals surface area contributed by atoms with E-state index in [2.05, 4.69) is 228 Å². The van der Waals surface area contributed by atoms with Gasteiger partial charge < -0.3 is 13.9 Å². The molecule has 0 aliphatic rings. The molecule has 0 aliphatic carbocycles. The fraction of sp³-hybridized carbons (Fsp3) is 0. The molecule has 0 radical (unpaired) electrons. The Labute approximate surface area is 353 Å². The Balaban J connectivity index is 0.945. The molecule has 0 aliphatic heterocycles. The highest BCUT2D eigenvalue weighted by atomic mass is 16.3. The number of hydrogen-bond donors (Lipinski definition) is 0. The van der Waals surface area contributed by atoms with Crippen LogP contribution in [0.1, 0.15) is 0 Å². The molecule has 0 atom stereocenters. The molecule has 3 nitrogen and oxygen atoms in total. The Bertz CT molecular complexity index is 3530. The minimum absolute atomic E-state index is 0.903. The van der Waals surface area contributed by atoms with Crippen molar-refractivity contribution < 1.29 is 4.42 Å². The predicted molar refractivity (Wildman–Crippen MR) is 257 cm³/mol. The molecule has 0 fully saturated rings. The van der Waals surface area contributed by atoms with Gasteiger partial charge >= 0.3 is 0 Å². The summed E-state index contributed by atoms with van der Waals surface area (Å²) >= 11 is 0. The summed E-state index contributed by atoms with van der Waals surface area (Å²) in [6.45, 7) is 0. The van der Waals surface area contributed by atoms with Crippen LogP contribution >= 0.6 is 0 Å². The quantitative estimate of drug-likeness (QED) is 0.161. The number of para-hydroxylation sites is 3. The summed E-state index contributed by atoms with van der Waals surface area (Å²) in [4.78, 5) is 2.36. The van der Waals surface area contributed by atoms with Gasteiger partial charge in [-0.3, -0.25) is 0 Å². The molecule has 2 aromatic heterocycles. The molecule has 12 rings (SSSR count). The van der Waals surface area contributed by atoms with Crippen LogP contribution in [-0.2, 0) is 0 Å². The molecule has 0 unspecified atom stereocenters. The van der Waals surface area contributed by atoms with Crippen molar-refractivity contribution >= 4 is 71.6 Å². The van der Waals surface area contributed by atoms with E-state index in [1.807, 2.05) is 12.1 Å². The van der Waals surface area contributed by atoms with Gasteiger partial charge in [0.15, 0.2) is 0 Å². The zero-order valence-electron chi connectivity index (χ0n) is 33.2. The van der Waals surface area contributed by atoms with E-state index in [4.69, 9.17) is 4.42 Å². The van der Waals surface area contributed by atoms with Gasteiger partial charge in [-0.25, -0.2) is 0 Å². The van der Waals surface area contributed by atoms with Gasteiger partial charge in [-0.2, -0.15) is 0 Å². The van der Waals surface area contributed by atoms with Crippen LogP contribution in [0.2, 0.25) is 0 Å². The smallest absolute Gasteiger partial charge is 0.135 e. The second kappa shape index (κ2) is 14.3. The van der Waals surface area contributed by atoms with Crippen molar-refractivity contribution in [1.82, 2.24) is 4.57 Å². The average molecular weight is 779 g/mol. The number of aromatic nitrogens is 1. The molecule has 0 amide bonds. The maximum Gasteiger partial charge on any atom is 0.135 e. The SMILES string of the molecule is c1cc(-c2cccc3ccccc23)cc(N(c2ccc(-c3cccc(-n4c5ccccc5c5ccccc54)c3)cc2)c2ccc(-c3ccc4oc5ccccc5c4c3)cc2)c1. The molecule has 12 aromatic rings. The second-order valence-corrected chi connectivity index (χ2v) is 15.7. The summed E-state index contributed by atoms with van der Waals surface area (Å²) in [5.41, 5.74) is 15.7. The summed E-state index contributed by atoms with van der Waals surface area (Å²) < 4.78 is 8.52. The van der Waals surface area contributed by atoms with Gasteiger partial charge in [0.2, 0.25) is 0 Å². The molecule has 0 saturated carbocycles. The fourth-order valence-electron chi connectivity index (χ4n) is 9.27. The van der Waals surface area contributed by atoms with Crippen LogP contribution < -0.4 is 4.90 Å². The Kier molecular flexibility index (Phi) is 8.17. The van der Waals surface area contributed by atoms with E-state index >= 15 is 0 Å². The van der Waals surface area contributed by atoms with Crippen molar-refractivity contribution in [3.63, 3.8) is 0 Å². The number of rotatable bonds is 7. The van der Waals surface area contributed by atoms with Gasteiger partial charge in [-0.1, -0.05) is 152 Å². The predicted octanol–water partition coefficient (Wildman–Crippen LogP) is 16.3. The zero-order chi connectivity index (χ0) is 40.3. The highest BCUT2D eigenvalue weighted by Gasteiger charge is 2.17. The average Bonchev–Trinajstić information content (AvgIpc) is 3.88. The molecule has 10 aromatic carbocycles. The van der Waals surface area contributed by atoms with E-state index in [0.717, 1.165) is 61.4 Å². The van der Waals surface area contributed by atoms with E-state index in [1.54, 1.807) is 0 Å². The van der Waals surface area contributed by atoms with Crippen LogP contribution in [0.15, 0.2) is 235 Å². The number of anilines is 3. The van der Waals surface area contributed by atoms with Crippen LogP contribution in [0, 0.1) is 0 Å². The van der Waals surface area contributed by atoms with E-state index in [-0.39, 0.29) is 0 Å². The van der Waals surface area contributed by atoms with Gasteiger partial charge in [0.1, 0.15) is 11.2 Å². The van der Waals surface area contributed by atoms with Crippen molar-refractivity contribution in [2.75, 3.05) is 4.90 Å². The molecule has 286 valence electrons. The van der Waals surface area contributed by atoms with Crippen molar-refractivity contribution in [3.8, 4) is 39.1 Å². The van der Waals surface area contributed by atoms with Crippen LogP contribution in [0.3, 0.4) is 0 Å². The lowest BCUT2D eigenvalue weighted by Crippen LogP contribution is -2.10. The Hall–Kier alpha value is -8.14. The lowest BCUT2D eigenvalue weighted by atomic mass is 9.97. The largest absolute Gasteiger partial charge is 0.456 e. The van der Waals surface area contributed by atoms with Crippen molar-refractivity contribution in [1.29, 1.82) is 0 Å². The Morgan fingerprint density at radius 3 is 1.59 bits per heavy atom. The molecule has 0 saturated heterocycles. The van der Waals surface area contributed by atoms with E-state index in [9.17, 15) is 0 Å². The Morgan fingerprint density at radius 2 is 0.852 bits per heavy atom. The standard InChI is InChI=1S/C58H38N2O/c1-2-18-49-41(12-1)13-11-22-50(49)44-15-10-16-47(37-44)59(46-33-28-40(29-34-46)43-30-35-58-54(38-43)53-21-5-8-25-57(53)61-58)45-31-26-39(27-32-45)42-14-9-17-48(36-42)60-55-23-6-3-19-51(55)52-20-4-7-24-56(52)60/h1-38H. The third kappa shape index (κ3) is 5.98. The van der Waals surface area contributed by atoms with E-state index < -0.39 is 0 Å². The molecule has 0 bridgehead atoms. The summed E-state index contributed by atoms with van der Waals surface area (Å²) in [5, 5.41) is 7.27. The fourth-order valence-corrected chi connectivity index (χ4v) is 9.27. The molecule has 0 N–H and O–H groups in total. The zero-order valence-corrected chi connectivity index (χ0v) is 33.2. The molecule has 2 heterocycles. The first-order valence-corrected chi connectivity index (χ1v) is 20.8. The highest BCUT2D eigenvalue weighted by Crippen LogP contribution is 2.41. The number of furan rings is 1. The minimum atomic E-state index is 0.903. The maximum atomic E-state index is 6.14. The van der Waals surface area contributed by atoms with Gasteiger partial charge in [0.05, 0.1) is 11.0 Å². The van der Waals surface area contributed by atoms with Gasteiger partial charge in [0, 0.05) is 44.3 Å². The first-order chi connectivity index (χ1) is 30.2. The van der Waals surface area contributed by atoms with Crippen LogP contribution in [0.4, 0.5) is 17.1 Å². The van der Waals surface area contributed by atoms with Crippen molar-refractivity contribution in [3.05, 3.63) is 231 Å². The van der Waals surface area contributed by atoms with Crippen LogP contribution in [0.25, 0.3) is 93.6 Å². The lowest BCUT2D eigenvalue weighted by molar-refractivity contribution is 0.669. The Morgan fingerprint density at radius 1 is 0.311 bits per heavy atom. The molecular weight excluding hydrogens is 741 g/mol. The van der Waals surface area contributed by atoms with Crippen molar-refractivity contribution in [2.45, 2.75) is 0 Å². The topological polar surface area (TPSA) is 21.3 Å². The first-order valence-electron chi connectivity index (χ1n) is 20.8. The number of benzene rings is 10. The third-order valence-corrected chi connectivity index (χ3v) is 12.2. The third-order valence-electron chi connectivity index (χ3n) is 12.2. The van der Waals surface area contributed by atoms with Crippen LogP contribution in [-0.4, -0.2) is 4.57 Å². The summed E-state index contributed by atoms with van der Waals surface area (Å²) in [6.07, 6.45) is 0. The molecule has 61 heavy (non-hydrogen) atoms. The van der Waals surface area contributed by atoms with Crippen LogP contribution in [0.5, 0.6) is 0 Å². The second-order valence-electron chi connectivity index (χ2n) is 15.7. The van der Waals surface area contributed by atoms with Gasteiger partial charge in [-0.15, -0.1) is 0 Å². The van der Waals surface area contributed by atoms with Crippen molar-refractivity contribution in [2.24, 2.45) is 0 Å². The van der Waals surface area contributed by atoms with E-state index in [0.29, 0.717) is 0 Å². The normalized spacial score (nSPS) is 11.6.